The fourth-order valence-corrected chi connectivity index (χ4v) is 2.84. The van der Waals surface area contributed by atoms with Crippen molar-refractivity contribution in [1.29, 1.82) is 10.5 Å². The maximum atomic E-state index is 9.46. The first-order valence-corrected chi connectivity index (χ1v) is 9.27. The molecule has 2 rings (SSSR count). The van der Waals surface area contributed by atoms with E-state index in [9.17, 15) is 10.5 Å². The van der Waals surface area contributed by atoms with E-state index in [1.165, 1.54) is 0 Å². The van der Waals surface area contributed by atoms with Gasteiger partial charge in [0.2, 0.25) is 0 Å². The first-order valence-electron chi connectivity index (χ1n) is 9.27. The number of nitriles is 2. The van der Waals surface area contributed by atoms with Crippen LogP contribution in [0, 0.1) is 22.7 Å². The van der Waals surface area contributed by atoms with Gasteiger partial charge in [-0.15, -0.1) is 0 Å². The Labute approximate surface area is 168 Å². The third-order valence-electron chi connectivity index (χ3n) is 4.57. The summed E-state index contributed by atoms with van der Waals surface area (Å²) in [4.78, 5) is 4.05. The number of hydrogen-bond acceptors (Lipinski definition) is 6. The number of hydrogen-bond donors (Lipinski definition) is 2. The van der Waals surface area contributed by atoms with Crippen LogP contribution in [0.25, 0.3) is 0 Å². The summed E-state index contributed by atoms with van der Waals surface area (Å²) in [5, 5.41) is 25.4. The molecule has 0 heterocycles. The molecule has 2 aromatic carbocycles. The summed E-state index contributed by atoms with van der Waals surface area (Å²) < 4.78 is 0. The maximum absolute atomic E-state index is 9.46. The van der Waals surface area contributed by atoms with E-state index in [0.29, 0.717) is 13.1 Å². The SMILES string of the molecule is CN(C)c1ccc([C@H](C#N)NCCN[C@H](C#N)c2ccc(N(C)C)cc2)cc1. The molecule has 6 heteroatoms. The van der Waals surface area contributed by atoms with Crippen LogP contribution < -0.4 is 20.4 Å². The fourth-order valence-electron chi connectivity index (χ4n) is 2.84. The molecule has 2 atom stereocenters. The molecule has 146 valence electrons. The van der Waals surface area contributed by atoms with E-state index in [0.717, 1.165) is 22.5 Å². The van der Waals surface area contributed by atoms with Gasteiger partial charge >= 0.3 is 0 Å². The zero-order chi connectivity index (χ0) is 20.5. The van der Waals surface area contributed by atoms with E-state index < -0.39 is 0 Å². The summed E-state index contributed by atoms with van der Waals surface area (Å²) in [6.45, 7) is 1.17. The van der Waals surface area contributed by atoms with E-state index in [1.54, 1.807) is 0 Å². The minimum absolute atomic E-state index is 0.377. The van der Waals surface area contributed by atoms with Gasteiger partial charge in [0.05, 0.1) is 12.1 Å². The van der Waals surface area contributed by atoms with Crippen LogP contribution in [0.2, 0.25) is 0 Å². The lowest BCUT2D eigenvalue weighted by Crippen LogP contribution is -2.31. The Morgan fingerprint density at radius 1 is 0.679 bits per heavy atom. The van der Waals surface area contributed by atoms with Crippen LogP contribution in [0.5, 0.6) is 0 Å². The molecule has 0 amide bonds. The number of nitrogens with zero attached hydrogens (tertiary/aromatic N) is 4. The van der Waals surface area contributed by atoms with Crippen molar-refractivity contribution in [3.8, 4) is 12.1 Å². The summed E-state index contributed by atoms with van der Waals surface area (Å²) in [7, 11) is 7.95. The number of rotatable bonds is 9. The predicted octanol–water partition coefficient (Wildman–Crippen LogP) is 2.83. The Balaban J connectivity index is 1.87. The average Bonchev–Trinajstić information content (AvgIpc) is 2.71. The number of benzene rings is 2. The highest BCUT2D eigenvalue weighted by Crippen LogP contribution is 2.18. The van der Waals surface area contributed by atoms with Crippen LogP contribution in [0.4, 0.5) is 11.4 Å². The monoisotopic (exact) mass is 376 g/mol. The predicted molar refractivity (Wildman–Crippen MR) is 114 cm³/mol. The quantitative estimate of drug-likeness (QED) is 0.655. The molecule has 6 nitrogen and oxygen atoms in total. The molecule has 0 saturated heterocycles. The summed E-state index contributed by atoms with van der Waals surface area (Å²) in [5.74, 6) is 0. The van der Waals surface area contributed by atoms with E-state index in [2.05, 4.69) is 22.8 Å². The minimum Gasteiger partial charge on any atom is -0.378 e. The second kappa shape index (κ2) is 10.3. The van der Waals surface area contributed by atoms with Gasteiger partial charge < -0.3 is 9.80 Å². The van der Waals surface area contributed by atoms with Gasteiger partial charge in [-0.25, -0.2) is 0 Å². The van der Waals surface area contributed by atoms with Gasteiger partial charge in [-0.3, -0.25) is 10.6 Å². The highest BCUT2D eigenvalue weighted by molar-refractivity contribution is 5.48. The lowest BCUT2D eigenvalue weighted by molar-refractivity contribution is 0.558. The van der Waals surface area contributed by atoms with Crippen molar-refractivity contribution in [2.45, 2.75) is 12.1 Å². The molecule has 28 heavy (non-hydrogen) atoms. The van der Waals surface area contributed by atoms with Crippen LogP contribution >= 0.6 is 0 Å². The van der Waals surface area contributed by atoms with Crippen LogP contribution in [-0.2, 0) is 0 Å². The number of nitrogens with one attached hydrogen (secondary N) is 2. The molecule has 2 aromatic rings. The van der Waals surface area contributed by atoms with Gasteiger partial charge in [0.15, 0.2) is 0 Å². The second-order valence-corrected chi connectivity index (χ2v) is 7.00. The molecule has 0 aliphatic rings. The molecular formula is C22H28N6. The first-order chi connectivity index (χ1) is 13.5. The van der Waals surface area contributed by atoms with Gasteiger partial charge in [-0.2, -0.15) is 10.5 Å². The lowest BCUT2D eigenvalue weighted by atomic mass is 10.1. The summed E-state index contributed by atoms with van der Waals surface area (Å²) in [6.07, 6.45) is 0. The molecular weight excluding hydrogens is 348 g/mol. The first kappa shape index (κ1) is 21.2. The maximum Gasteiger partial charge on any atom is 0.121 e. The third kappa shape index (κ3) is 5.72. The van der Waals surface area contributed by atoms with E-state index in [-0.39, 0.29) is 12.1 Å². The smallest absolute Gasteiger partial charge is 0.121 e. The summed E-state index contributed by atoms with van der Waals surface area (Å²) >= 11 is 0. The van der Waals surface area contributed by atoms with E-state index in [1.807, 2.05) is 86.5 Å². The van der Waals surface area contributed by atoms with Crippen molar-refractivity contribution in [1.82, 2.24) is 10.6 Å². The molecule has 0 aliphatic heterocycles. The average molecular weight is 377 g/mol. The molecule has 0 unspecified atom stereocenters. The zero-order valence-corrected chi connectivity index (χ0v) is 17.0. The Hall–Kier alpha value is -3.06. The molecule has 0 fully saturated rings. The molecule has 2 N–H and O–H groups in total. The van der Waals surface area contributed by atoms with Gasteiger partial charge in [0.1, 0.15) is 12.1 Å². The zero-order valence-electron chi connectivity index (χ0n) is 17.0. The van der Waals surface area contributed by atoms with Gasteiger partial charge in [-0.1, -0.05) is 24.3 Å². The van der Waals surface area contributed by atoms with Crippen molar-refractivity contribution in [3.05, 3.63) is 59.7 Å². The molecule has 0 aliphatic carbocycles. The van der Waals surface area contributed by atoms with Crippen molar-refractivity contribution < 1.29 is 0 Å². The Bertz CT molecular complexity index is 741. The standard InChI is InChI=1S/C22H28N6/c1-27(2)19-9-5-17(6-10-19)21(15-23)25-13-14-26-22(16-24)18-7-11-20(12-8-18)28(3)4/h5-12,21-22,25-26H,13-14H2,1-4H3/t21-,22+. The van der Waals surface area contributed by atoms with Crippen LogP contribution in [0.15, 0.2) is 48.5 Å². The van der Waals surface area contributed by atoms with Gasteiger partial charge in [0, 0.05) is 52.7 Å². The Kier molecular flexibility index (Phi) is 7.83. The molecule has 0 spiro atoms. The van der Waals surface area contributed by atoms with Crippen molar-refractivity contribution in [2.75, 3.05) is 51.1 Å². The van der Waals surface area contributed by atoms with Crippen LogP contribution in [0.3, 0.4) is 0 Å². The Morgan fingerprint density at radius 2 is 1.00 bits per heavy atom. The van der Waals surface area contributed by atoms with Crippen LogP contribution in [-0.4, -0.2) is 41.3 Å². The van der Waals surface area contributed by atoms with Crippen molar-refractivity contribution >= 4 is 11.4 Å². The van der Waals surface area contributed by atoms with Gasteiger partial charge in [-0.05, 0) is 35.4 Å². The van der Waals surface area contributed by atoms with Crippen molar-refractivity contribution in [3.63, 3.8) is 0 Å². The lowest BCUT2D eigenvalue weighted by Gasteiger charge is -2.17. The van der Waals surface area contributed by atoms with E-state index in [4.69, 9.17) is 0 Å². The highest BCUT2D eigenvalue weighted by Gasteiger charge is 2.12. The minimum atomic E-state index is -0.377. The highest BCUT2D eigenvalue weighted by atomic mass is 15.1. The van der Waals surface area contributed by atoms with Crippen molar-refractivity contribution in [2.24, 2.45) is 0 Å². The molecule has 0 bridgehead atoms. The normalized spacial score (nSPS) is 12.5. The molecule has 0 radical (unpaired) electrons. The topological polar surface area (TPSA) is 78.1 Å². The fraction of sp³-hybridized carbons (Fsp3) is 0.364. The third-order valence-corrected chi connectivity index (χ3v) is 4.57. The molecule has 0 saturated carbocycles. The molecule has 0 aromatic heterocycles. The summed E-state index contributed by atoms with van der Waals surface area (Å²) in [6, 6.07) is 19.7. The Morgan fingerprint density at radius 3 is 1.25 bits per heavy atom. The second-order valence-electron chi connectivity index (χ2n) is 7.00. The number of anilines is 2. The largest absolute Gasteiger partial charge is 0.378 e. The van der Waals surface area contributed by atoms with Gasteiger partial charge in [0.25, 0.3) is 0 Å². The van der Waals surface area contributed by atoms with E-state index >= 15 is 0 Å². The van der Waals surface area contributed by atoms with Crippen LogP contribution in [0.1, 0.15) is 23.2 Å². The summed E-state index contributed by atoms with van der Waals surface area (Å²) in [5.41, 5.74) is 4.06.